The standard InChI is InChI=1S/C9H13FN2O4/c1-5-7(4-16-6(2-10)3-13)11-9(15)12-8(5)14/h6,13H,2-4H2,1H3,(H2,11,12,14,15). The molecule has 0 fully saturated rings. The van der Waals surface area contributed by atoms with Crippen LogP contribution in [0.25, 0.3) is 0 Å². The van der Waals surface area contributed by atoms with Crippen LogP contribution >= 0.6 is 0 Å². The van der Waals surface area contributed by atoms with E-state index < -0.39 is 30.6 Å². The maximum atomic E-state index is 12.2. The van der Waals surface area contributed by atoms with Gasteiger partial charge in [0.25, 0.3) is 5.56 Å². The van der Waals surface area contributed by atoms with Gasteiger partial charge in [0.05, 0.1) is 18.9 Å². The quantitative estimate of drug-likeness (QED) is 0.620. The molecule has 90 valence electrons. The number of aromatic nitrogens is 2. The average Bonchev–Trinajstić information content (AvgIpc) is 2.26. The fraction of sp³-hybridized carbons (Fsp3) is 0.556. The molecule has 1 aromatic rings. The highest BCUT2D eigenvalue weighted by Gasteiger charge is 2.10. The molecule has 7 heteroatoms. The Hall–Kier alpha value is -1.47. The Morgan fingerprint density at radius 2 is 2.12 bits per heavy atom. The van der Waals surface area contributed by atoms with E-state index in [0.717, 1.165) is 0 Å². The van der Waals surface area contributed by atoms with Gasteiger partial charge in [0.15, 0.2) is 0 Å². The zero-order valence-electron chi connectivity index (χ0n) is 8.75. The molecule has 0 amide bonds. The molecule has 3 N–H and O–H groups in total. The van der Waals surface area contributed by atoms with Crippen LogP contribution in [0.2, 0.25) is 0 Å². The molecule has 16 heavy (non-hydrogen) atoms. The molecule has 1 aromatic heterocycles. The Balaban J connectivity index is 2.81. The fourth-order valence-electron chi connectivity index (χ4n) is 1.09. The smallest absolute Gasteiger partial charge is 0.325 e. The van der Waals surface area contributed by atoms with Crippen molar-refractivity contribution in [3.63, 3.8) is 0 Å². The number of hydrogen-bond donors (Lipinski definition) is 3. The van der Waals surface area contributed by atoms with E-state index in [1.807, 2.05) is 4.98 Å². The molecule has 0 spiro atoms. The van der Waals surface area contributed by atoms with Crippen LogP contribution < -0.4 is 11.2 Å². The number of H-pyrrole nitrogens is 2. The highest BCUT2D eigenvalue weighted by molar-refractivity contribution is 5.12. The maximum Gasteiger partial charge on any atom is 0.325 e. The van der Waals surface area contributed by atoms with Crippen molar-refractivity contribution in [3.05, 3.63) is 32.1 Å². The normalized spacial score (nSPS) is 12.7. The lowest BCUT2D eigenvalue weighted by Crippen LogP contribution is -2.28. The van der Waals surface area contributed by atoms with Gasteiger partial charge in [-0.25, -0.2) is 9.18 Å². The van der Waals surface area contributed by atoms with E-state index in [1.165, 1.54) is 6.92 Å². The monoisotopic (exact) mass is 232 g/mol. The second-order valence-electron chi connectivity index (χ2n) is 3.28. The summed E-state index contributed by atoms with van der Waals surface area (Å²) in [4.78, 5) is 26.6. The van der Waals surface area contributed by atoms with Gasteiger partial charge in [0.1, 0.15) is 12.8 Å². The summed E-state index contributed by atoms with van der Waals surface area (Å²) in [7, 11) is 0. The number of aromatic amines is 2. The maximum absolute atomic E-state index is 12.2. The molecule has 6 nitrogen and oxygen atoms in total. The van der Waals surface area contributed by atoms with Crippen LogP contribution in [-0.4, -0.2) is 34.5 Å². The molecule has 1 atom stereocenters. The van der Waals surface area contributed by atoms with Gasteiger partial charge >= 0.3 is 5.69 Å². The highest BCUT2D eigenvalue weighted by atomic mass is 19.1. The predicted molar refractivity (Wildman–Crippen MR) is 54.1 cm³/mol. The molecule has 1 rings (SSSR count). The molecule has 0 aromatic carbocycles. The van der Waals surface area contributed by atoms with Gasteiger partial charge in [-0.3, -0.25) is 9.78 Å². The van der Waals surface area contributed by atoms with E-state index in [2.05, 4.69) is 4.98 Å². The number of halogens is 1. The molecule has 0 radical (unpaired) electrons. The third-order valence-corrected chi connectivity index (χ3v) is 2.12. The van der Waals surface area contributed by atoms with Crippen LogP contribution in [0.3, 0.4) is 0 Å². The topological polar surface area (TPSA) is 95.2 Å². The highest BCUT2D eigenvalue weighted by Crippen LogP contribution is 2.01. The number of hydrogen-bond acceptors (Lipinski definition) is 4. The Morgan fingerprint density at radius 3 is 2.69 bits per heavy atom. The predicted octanol–water partition coefficient (Wildman–Crippen LogP) is -0.781. The van der Waals surface area contributed by atoms with Crippen molar-refractivity contribution in [2.24, 2.45) is 0 Å². The summed E-state index contributed by atoms with van der Waals surface area (Å²) in [6.07, 6.45) is -0.942. The number of nitrogens with one attached hydrogen (secondary N) is 2. The zero-order chi connectivity index (χ0) is 12.1. The van der Waals surface area contributed by atoms with Gasteiger partial charge in [-0.05, 0) is 6.92 Å². The Kier molecular flexibility index (Phi) is 4.39. The lowest BCUT2D eigenvalue weighted by molar-refractivity contribution is -0.0123. The van der Waals surface area contributed by atoms with Gasteiger partial charge in [-0.15, -0.1) is 0 Å². The van der Waals surface area contributed by atoms with Crippen LogP contribution in [0.5, 0.6) is 0 Å². The molecule has 0 saturated heterocycles. The Bertz CT molecular complexity index is 450. The first-order chi connectivity index (χ1) is 7.58. The molecular formula is C9H13FN2O4. The Morgan fingerprint density at radius 1 is 1.44 bits per heavy atom. The number of aliphatic hydroxyl groups is 1. The van der Waals surface area contributed by atoms with Crippen molar-refractivity contribution >= 4 is 0 Å². The summed E-state index contributed by atoms with van der Waals surface area (Å²) in [5.41, 5.74) is -0.575. The van der Waals surface area contributed by atoms with Crippen molar-refractivity contribution in [1.29, 1.82) is 0 Å². The fourth-order valence-corrected chi connectivity index (χ4v) is 1.09. The minimum Gasteiger partial charge on any atom is -0.394 e. The van der Waals surface area contributed by atoms with Crippen molar-refractivity contribution in [3.8, 4) is 0 Å². The largest absolute Gasteiger partial charge is 0.394 e. The van der Waals surface area contributed by atoms with Gasteiger partial charge < -0.3 is 14.8 Å². The second kappa shape index (κ2) is 5.57. The van der Waals surface area contributed by atoms with E-state index in [0.29, 0.717) is 5.56 Å². The van der Waals surface area contributed by atoms with E-state index in [9.17, 15) is 14.0 Å². The summed E-state index contributed by atoms with van der Waals surface area (Å²) in [5, 5.41) is 8.68. The van der Waals surface area contributed by atoms with Gasteiger partial charge in [-0.1, -0.05) is 0 Å². The van der Waals surface area contributed by atoms with E-state index in [1.54, 1.807) is 0 Å². The summed E-state index contributed by atoms with van der Waals surface area (Å²) < 4.78 is 17.2. The van der Waals surface area contributed by atoms with Crippen molar-refractivity contribution in [2.75, 3.05) is 13.3 Å². The second-order valence-corrected chi connectivity index (χ2v) is 3.28. The first kappa shape index (κ1) is 12.6. The van der Waals surface area contributed by atoms with Crippen molar-refractivity contribution in [2.45, 2.75) is 19.6 Å². The van der Waals surface area contributed by atoms with Crippen LogP contribution in [-0.2, 0) is 11.3 Å². The minimum atomic E-state index is -0.942. The van der Waals surface area contributed by atoms with Crippen molar-refractivity contribution in [1.82, 2.24) is 9.97 Å². The summed E-state index contributed by atoms with van der Waals surface area (Å²) in [5.74, 6) is 0. The lowest BCUT2D eigenvalue weighted by atomic mass is 10.2. The molecule has 0 aliphatic carbocycles. The molecule has 0 saturated carbocycles. The van der Waals surface area contributed by atoms with Crippen LogP contribution in [0.1, 0.15) is 11.3 Å². The van der Waals surface area contributed by atoms with Gasteiger partial charge in [-0.2, -0.15) is 0 Å². The zero-order valence-corrected chi connectivity index (χ0v) is 8.75. The molecular weight excluding hydrogens is 219 g/mol. The van der Waals surface area contributed by atoms with E-state index in [4.69, 9.17) is 9.84 Å². The van der Waals surface area contributed by atoms with E-state index in [-0.39, 0.29) is 12.3 Å². The third kappa shape index (κ3) is 3.01. The summed E-state index contributed by atoms with van der Waals surface area (Å²) in [6, 6.07) is 0. The SMILES string of the molecule is Cc1c(COC(CO)CF)[nH]c(=O)[nH]c1=O. The van der Waals surface area contributed by atoms with Crippen LogP contribution in [0.4, 0.5) is 4.39 Å². The molecule has 0 bridgehead atoms. The molecule has 1 unspecified atom stereocenters. The van der Waals surface area contributed by atoms with E-state index >= 15 is 0 Å². The first-order valence-electron chi connectivity index (χ1n) is 4.69. The molecule has 1 heterocycles. The lowest BCUT2D eigenvalue weighted by Gasteiger charge is -2.12. The number of alkyl halides is 1. The minimum absolute atomic E-state index is 0.125. The first-order valence-corrected chi connectivity index (χ1v) is 4.69. The molecule has 0 aliphatic rings. The molecule has 0 aliphatic heterocycles. The number of rotatable bonds is 5. The number of aliphatic hydroxyl groups excluding tert-OH is 1. The Labute approximate surface area is 90.1 Å². The summed E-state index contributed by atoms with van der Waals surface area (Å²) >= 11 is 0. The number of ether oxygens (including phenoxy) is 1. The van der Waals surface area contributed by atoms with Crippen molar-refractivity contribution < 1.29 is 14.2 Å². The van der Waals surface area contributed by atoms with Crippen LogP contribution in [0.15, 0.2) is 9.59 Å². The average molecular weight is 232 g/mol. The van der Waals surface area contributed by atoms with Gasteiger partial charge in [0.2, 0.25) is 0 Å². The van der Waals surface area contributed by atoms with Gasteiger partial charge in [0, 0.05) is 5.56 Å². The summed E-state index contributed by atoms with van der Waals surface area (Å²) in [6.45, 7) is 0.100. The third-order valence-electron chi connectivity index (χ3n) is 2.12. The van der Waals surface area contributed by atoms with Crippen LogP contribution in [0, 0.1) is 6.92 Å².